The first kappa shape index (κ1) is 12.2. The maximum atomic E-state index is 11.7. The lowest BCUT2D eigenvalue weighted by molar-refractivity contribution is -0.118. The predicted molar refractivity (Wildman–Crippen MR) is 61.3 cm³/mol. The highest BCUT2D eigenvalue weighted by Gasteiger charge is 2.02. The molecule has 0 aliphatic carbocycles. The number of hydrogen-bond donors (Lipinski definition) is 2. The molecule has 0 saturated carbocycles. The van der Waals surface area contributed by atoms with Gasteiger partial charge in [0, 0.05) is 39.0 Å². The van der Waals surface area contributed by atoms with E-state index in [-0.39, 0.29) is 11.5 Å². The van der Waals surface area contributed by atoms with Gasteiger partial charge in [-0.1, -0.05) is 0 Å². The van der Waals surface area contributed by atoms with Gasteiger partial charge in [-0.25, -0.2) is 4.98 Å². The zero-order chi connectivity index (χ0) is 12.0. The van der Waals surface area contributed by atoms with Crippen LogP contribution in [0.5, 0.6) is 0 Å². The monoisotopic (exact) mass is 224 g/mol. The first-order valence-electron chi connectivity index (χ1n) is 5.19. The minimum atomic E-state index is -0.146. The summed E-state index contributed by atoms with van der Waals surface area (Å²) in [4.78, 5) is 26.2. The Hall–Kier alpha value is -1.85. The number of carbonyl (C=O) groups excluding carboxylic acids is 1. The fraction of sp³-hybridized carbons (Fsp3) is 0.500. The molecule has 1 amide bonds. The molecule has 16 heavy (non-hydrogen) atoms. The van der Waals surface area contributed by atoms with E-state index in [2.05, 4.69) is 15.6 Å². The molecule has 0 aromatic carbocycles. The Morgan fingerprint density at radius 3 is 2.88 bits per heavy atom. The molecule has 0 atom stereocenters. The summed E-state index contributed by atoms with van der Waals surface area (Å²) in [6, 6.07) is 0. The van der Waals surface area contributed by atoms with Gasteiger partial charge in [-0.05, 0) is 6.92 Å². The summed E-state index contributed by atoms with van der Waals surface area (Å²) < 4.78 is 1.56. The van der Waals surface area contributed by atoms with Crippen LogP contribution in [0.1, 0.15) is 13.8 Å². The average molecular weight is 224 g/mol. The minimum Gasteiger partial charge on any atom is -0.364 e. The molecular formula is C10H16N4O2. The number of aromatic nitrogens is 2. The Bertz CT molecular complexity index is 414. The fourth-order valence-corrected chi connectivity index (χ4v) is 1.24. The third-order valence-corrected chi connectivity index (χ3v) is 2.05. The standard InChI is InChI=1S/C10H16N4O2/c1-3-14-7-6-13-9(10(14)16)12-5-4-11-8(2)15/h6-7H,3-5H2,1-2H3,(H,11,15)(H,12,13). The molecule has 0 spiro atoms. The largest absolute Gasteiger partial charge is 0.364 e. The molecule has 1 rings (SSSR count). The topological polar surface area (TPSA) is 76.0 Å². The number of nitrogens with zero attached hydrogens (tertiary/aromatic N) is 2. The van der Waals surface area contributed by atoms with Crippen molar-refractivity contribution in [3.63, 3.8) is 0 Å². The van der Waals surface area contributed by atoms with Gasteiger partial charge in [-0.3, -0.25) is 9.59 Å². The maximum absolute atomic E-state index is 11.7. The summed E-state index contributed by atoms with van der Waals surface area (Å²) >= 11 is 0. The molecule has 0 aliphatic heterocycles. The second-order valence-electron chi connectivity index (χ2n) is 3.28. The zero-order valence-corrected chi connectivity index (χ0v) is 9.49. The van der Waals surface area contributed by atoms with Crippen LogP contribution >= 0.6 is 0 Å². The van der Waals surface area contributed by atoms with Crippen molar-refractivity contribution in [2.75, 3.05) is 18.4 Å². The van der Waals surface area contributed by atoms with Crippen LogP contribution in [-0.2, 0) is 11.3 Å². The number of aryl methyl sites for hydroxylation is 1. The third-order valence-electron chi connectivity index (χ3n) is 2.05. The van der Waals surface area contributed by atoms with Gasteiger partial charge in [0.15, 0.2) is 5.82 Å². The van der Waals surface area contributed by atoms with E-state index in [1.807, 2.05) is 6.92 Å². The molecule has 0 bridgehead atoms. The Morgan fingerprint density at radius 2 is 2.25 bits per heavy atom. The van der Waals surface area contributed by atoms with Crippen molar-refractivity contribution in [2.24, 2.45) is 0 Å². The van der Waals surface area contributed by atoms with Gasteiger partial charge in [0.05, 0.1) is 0 Å². The molecule has 6 nitrogen and oxygen atoms in total. The van der Waals surface area contributed by atoms with Gasteiger partial charge in [0.2, 0.25) is 5.91 Å². The SMILES string of the molecule is CCn1ccnc(NCCNC(C)=O)c1=O. The van der Waals surface area contributed by atoms with Crippen molar-refractivity contribution in [3.05, 3.63) is 22.7 Å². The van der Waals surface area contributed by atoms with Gasteiger partial charge >= 0.3 is 0 Å². The van der Waals surface area contributed by atoms with Crippen molar-refractivity contribution in [1.82, 2.24) is 14.9 Å². The van der Waals surface area contributed by atoms with E-state index in [0.717, 1.165) is 0 Å². The quantitative estimate of drug-likeness (QED) is 0.680. The van der Waals surface area contributed by atoms with Crippen molar-refractivity contribution in [1.29, 1.82) is 0 Å². The number of anilines is 1. The van der Waals surface area contributed by atoms with Crippen LogP contribution in [0.15, 0.2) is 17.2 Å². The fourth-order valence-electron chi connectivity index (χ4n) is 1.24. The highest BCUT2D eigenvalue weighted by Crippen LogP contribution is 1.91. The first-order chi connectivity index (χ1) is 7.65. The molecular weight excluding hydrogens is 208 g/mol. The Balaban J connectivity index is 2.54. The van der Waals surface area contributed by atoms with Gasteiger partial charge < -0.3 is 15.2 Å². The first-order valence-corrected chi connectivity index (χ1v) is 5.19. The second kappa shape index (κ2) is 5.89. The van der Waals surface area contributed by atoms with Crippen LogP contribution in [0.3, 0.4) is 0 Å². The van der Waals surface area contributed by atoms with E-state index in [4.69, 9.17) is 0 Å². The predicted octanol–water partition coefficient (Wildman–Crippen LogP) is -0.189. The molecule has 1 aromatic rings. The van der Waals surface area contributed by atoms with Gasteiger partial charge in [0.25, 0.3) is 5.56 Å². The zero-order valence-electron chi connectivity index (χ0n) is 9.49. The molecule has 0 unspecified atom stereocenters. The van der Waals surface area contributed by atoms with Crippen LogP contribution in [0.25, 0.3) is 0 Å². The normalized spacial score (nSPS) is 9.88. The molecule has 1 aromatic heterocycles. The summed E-state index contributed by atoms with van der Waals surface area (Å²) in [5.41, 5.74) is -0.146. The molecule has 6 heteroatoms. The van der Waals surface area contributed by atoms with Crippen LogP contribution in [-0.4, -0.2) is 28.5 Å². The van der Waals surface area contributed by atoms with E-state index >= 15 is 0 Å². The highest BCUT2D eigenvalue weighted by atomic mass is 16.1. The van der Waals surface area contributed by atoms with E-state index in [1.165, 1.54) is 6.92 Å². The second-order valence-corrected chi connectivity index (χ2v) is 3.28. The van der Waals surface area contributed by atoms with E-state index in [9.17, 15) is 9.59 Å². The summed E-state index contributed by atoms with van der Waals surface area (Å²) in [6.07, 6.45) is 3.22. The summed E-state index contributed by atoms with van der Waals surface area (Å²) in [6.45, 7) is 4.90. The van der Waals surface area contributed by atoms with Crippen LogP contribution in [0.4, 0.5) is 5.82 Å². The summed E-state index contributed by atoms with van der Waals surface area (Å²) in [7, 11) is 0. The number of carbonyl (C=O) groups is 1. The summed E-state index contributed by atoms with van der Waals surface area (Å²) in [5, 5.41) is 5.51. The van der Waals surface area contributed by atoms with Gasteiger partial charge in [-0.2, -0.15) is 0 Å². The smallest absolute Gasteiger partial charge is 0.293 e. The number of hydrogen-bond acceptors (Lipinski definition) is 4. The molecule has 1 heterocycles. The van der Waals surface area contributed by atoms with E-state index in [1.54, 1.807) is 17.0 Å². The van der Waals surface area contributed by atoms with Gasteiger partial charge in [-0.15, -0.1) is 0 Å². The molecule has 0 radical (unpaired) electrons. The molecule has 88 valence electrons. The van der Waals surface area contributed by atoms with Crippen molar-refractivity contribution >= 4 is 11.7 Å². The Labute approximate surface area is 93.7 Å². The van der Waals surface area contributed by atoms with E-state index < -0.39 is 0 Å². The highest BCUT2D eigenvalue weighted by molar-refractivity contribution is 5.72. The lowest BCUT2D eigenvalue weighted by Gasteiger charge is -2.07. The molecule has 0 aliphatic rings. The van der Waals surface area contributed by atoms with Crippen LogP contribution in [0, 0.1) is 0 Å². The Kier molecular flexibility index (Phi) is 4.50. The minimum absolute atomic E-state index is 0.0891. The maximum Gasteiger partial charge on any atom is 0.293 e. The molecule has 2 N–H and O–H groups in total. The van der Waals surface area contributed by atoms with Crippen molar-refractivity contribution < 1.29 is 4.79 Å². The lowest BCUT2D eigenvalue weighted by Crippen LogP contribution is -2.29. The molecule has 0 saturated heterocycles. The third kappa shape index (κ3) is 3.38. The van der Waals surface area contributed by atoms with E-state index in [0.29, 0.717) is 25.5 Å². The lowest BCUT2D eigenvalue weighted by atomic mass is 10.5. The van der Waals surface area contributed by atoms with Crippen molar-refractivity contribution in [3.8, 4) is 0 Å². The van der Waals surface area contributed by atoms with Crippen LogP contribution in [0.2, 0.25) is 0 Å². The number of nitrogens with one attached hydrogen (secondary N) is 2. The number of amides is 1. The van der Waals surface area contributed by atoms with Gasteiger partial charge in [0.1, 0.15) is 0 Å². The van der Waals surface area contributed by atoms with Crippen LogP contribution < -0.4 is 16.2 Å². The number of rotatable bonds is 5. The summed E-state index contributed by atoms with van der Waals surface area (Å²) in [5.74, 6) is 0.225. The average Bonchev–Trinajstić information content (AvgIpc) is 2.26. The molecule has 0 fully saturated rings. The van der Waals surface area contributed by atoms with Crippen molar-refractivity contribution in [2.45, 2.75) is 20.4 Å². The Morgan fingerprint density at radius 1 is 1.50 bits per heavy atom.